The lowest BCUT2D eigenvalue weighted by Crippen LogP contribution is -2.08. The van der Waals surface area contributed by atoms with Crippen LogP contribution in [-0.2, 0) is 0 Å². The van der Waals surface area contributed by atoms with E-state index in [0.29, 0.717) is 0 Å². The Bertz CT molecular complexity index is 797. The molecule has 0 saturated carbocycles. The van der Waals surface area contributed by atoms with E-state index in [0.717, 1.165) is 27.3 Å². The smallest absolute Gasteiger partial charge is 0.134 e. The highest BCUT2D eigenvalue weighted by Crippen LogP contribution is 2.30. The summed E-state index contributed by atoms with van der Waals surface area (Å²) in [6, 6.07) is 7.38. The van der Waals surface area contributed by atoms with E-state index in [4.69, 9.17) is 0 Å². The maximum atomic E-state index is 9.69. The number of nitrogens with zero attached hydrogens (tertiary/aromatic N) is 2. The van der Waals surface area contributed by atoms with Crippen molar-refractivity contribution in [2.45, 2.75) is 26.8 Å². The van der Waals surface area contributed by atoms with Crippen LogP contribution in [0.4, 0.5) is 5.82 Å². The summed E-state index contributed by atoms with van der Waals surface area (Å²) in [4.78, 5) is 10.1. The van der Waals surface area contributed by atoms with E-state index in [-0.39, 0.29) is 11.8 Å². The van der Waals surface area contributed by atoms with Crippen LogP contribution in [0.25, 0.3) is 10.8 Å². The second-order valence-electron chi connectivity index (χ2n) is 5.11. The molecule has 5 heteroatoms. The lowest BCUT2D eigenvalue weighted by Gasteiger charge is -2.15. The predicted octanol–water partition coefficient (Wildman–Crippen LogP) is 4.19. The summed E-state index contributed by atoms with van der Waals surface area (Å²) >= 11 is 1.70. The van der Waals surface area contributed by atoms with Gasteiger partial charge in [0.05, 0.1) is 16.7 Å². The SMILES string of the molecule is Cc1nc(C)c(C(C)Nc2nccc3ccc(O)cc23)s1. The monoisotopic (exact) mass is 299 g/mol. The molecule has 0 radical (unpaired) electrons. The molecule has 0 amide bonds. The molecule has 0 bridgehead atoms. The summed E-state index contributed by atoms with van der Waals surface area (Å²) in [7, 11) is 0. The van der Waals surface area contributed by atoms with Gasteiger partial charge in [-0.3, -0.25) is 0 Å². The first-order valence-corrected chi connectivity index (χ1v) is 7.64. The summed E-state index contributed by atoms with van der Waals surface area (Å²) in [5, 5.41) is 16.2. The van der Waals surface area contributed by atoms with E-state index < -0.39 is 0 Å². The maximum Gasteiger partial charge on any atom is 0.134 e. The highest BCUT2D eigenvalue weighted by Gasteiger charge is 2.14. The lowest BCUT2D eigenvalue weighted by atomic mass is 10.1. The number of hydrogen-bond donors (Lipinski definition) is 2. The van der Waals surface area contributed by atoms with Crippen LogP contribution in [0.1, 0.15) is 28.5 Å². The molecule has 0 saturated heterocycles. The molecule has 21 heavy (non-hydrogen) atoms. The number of anilines is 1. The van der Waals surface area contributed by atoms with Gasteiger partial charge in [0, 0.05) is 16.5 Å². The standard InChI is InChI=1S/C16H17N3OS/c1-9-15(21-11(3)18-9)10(2)19-16-14-8-13(20)5-4-12(14)6-7-17-16/h4-8,10,20H,1-3H3,(H,17,19). The summed E-state index contributed by atoms with van der Waals surface area (Å²) in [6.07, 6.45) is 1.78. The molecular weight excluding hydrogens is 282 g/mol. The van der Waals surface area contributed by atoms with Crippen LogP contribution in [0.15, 0.2) is 30.5 Å². The third kappa shape index (κ3) is 2.69. The Balaban J connectivity index is 1.98. The molecule has 2 N–H and O–H groups in total. The summed E-state index contributed by atoms with van der Waals surface area (Å²) in [6.45, 7) is 6.14. The molecule has 4 nitrogen and oxygen atoms in total. The van der Waals surface area contributed by atoms with Gasteiger partial charge in [-0.05, 0) is 44.4 Å². The van der Waals surface area contributed by atoms with Crippen LogP contribution in [-0.4, -0.2) is 15.1 Å². The van der Waals surface area contributed by atoms with Gasteiger partial charge in [0.2, 0.25) is 0 Å². The number of phenols is 1. The number of aromatic hydroxyl groups is 1. The van der Waals surface area contributed by atoms with Gasteiger partial charge in [0.15, 0.2) is 0 Å². The van der Waals surface area contributed by atoms with Crippen LogP contribution in [0.2, 0.25) is 0 Å². The highest BCUT2D eigenvalue weighted by atomic mass is 32.1. The van der Waals surface area contributed by atoms with Crippen LogP contribution < -0.4 is 5.32 Å². The van der Waals surface area contributed by atoms with Crippen molar-refractivity contribution >= 4 is 27.9 Å². The number of aryl methyl sites for hydroxylation is 2. The first-order chi connectivity index (χ1) is 10.0. The highest BCUT2D eigenvalue weighted by molar-refractivity contribution is 7.11. The van der Waals surface area contributed by atoms with Crippen LogP contribution >= 0.6 is 11.3 Å². The van der Waals surface area contributed by atoms with Gasteiger partial charge in [-0.15, -0.1) is 11.3 Å². The molecular formula is C16H17N3OS. The number of aromatic nitrogens is 2. The van der Waals surface area contributed by atoms with Gasteiger partial charge < -0.3 is 10.4 Å². The largest absolute Gasteiger partial charge is 0.508 e. The first kappa shape index (κ1) is 13.8. The topological polar surface area (TPSA) is 58.0 Å². The normalized spacial score (nSPS) is 12.5. The fraction of sp³-hybridized carbons (Fsp3) is 0.250. The predicted molar refractivity (Wildman–Crippen MR) is 87.0 cm³/mol. The summed E-state index contributed by atoms with van der Waals surface area (Å²) in [5.41, 5.74) is 1.06. The molecule has 3 rings (SSSR count). The van der Waals surface area contributed by atoms with Gasteiger partial charge in [0.25, 0.3) is 0 Å². The lowest BCUT2D eigenvalue weighted by molar-refractivity contribution is 0.476. The molecule has 0 spiro atoms. The fourth-order valence-electron chi connectivity index (χ4n) is 2.49. The quantitative estimate of drug-likeness (QED) is 0.761. The average molecular weight is 299 g/mol. The number of hydrogen-bond acceptors (Lipinski definition) is 5. The third-order valence-electron chi connectivity index (χ3n) is 3.44. The van der Waals surface area contributed by atoms with E-state index in [2.05, 4.69) is 22.2 Å². The van der Waals surface area contributed by atoms with E-state index >= 15 is 0 Å². The number of thiazole rings is 1. The Labute approximate surface area is 127 Å². The summed E-state index contributed by atoms with van der Waals surface area (Å²) in [5.74, 6) is 1.03. The minimum Gasteiger partial charge on any atom is -0.508 e. The molecule has 2 aromatic heterocycles. The number of nitrogens with one attached hydrogen (secondary N) is 1. The average Bonchev–Trinajstić information content (AvgIpc) is 2.78. The van der Waals surface area contributed by atoms with Crippen molar-refractivity contribution in [3.05, 3.63) is 46.0 Å². The number of pyridine rings is 1. The van der Waals surface area contributed by atoms with E-state index in [1.165, 1.54) is 4.88 Å². The second-order valence-corrected chi connectivity index (χ2v) is 6.35. The number of benzene rings is 1. The molecule has 0 aliphatic carbocycles. The number of phenolic OH excluding ortho intramolecular Hbond substituents is 1. The summed E-state index contributed by atoms with van der Waals surface area (Å²) < 4.78 is 0. The van der Waals surface area contributed by atoms with E-state index in [1.807, 2.05) is 26.0 Å². The van der Waals surface area contributed by atoms with Crippen molar-refractivity contribution in [3.8, 4) is 5.75 Å². The van der Waals surface area contributed by atoms with Gasteiger partial charge in [-0.1, -0.05) is 6.07 Å². The second kappa shape index (κ2) is 5.33. The zero-order valence-electron chi connectivity index (χ0n) is 12.2. The van der Waals surface area contributed by atoms with Crippen molar-refractivity contribution in [1.29, 1.82) is 0 Å². The van der Waals surface area contributed by atoms with Crippen LogP contribution in [0.3, 0.4) is 0 Å². The molecule has 3 aromatic rings. The van der Waals surface area contributed by atoms with Gasteiger partial charge >= 0.3 is 0 Å². The Morgan fingerprint density at radius 1 is 1.24 bits per heavy atom. The van der Waals surface area contributed by atoms with Gasteiger partial charge in [-0.2, -0.15) is 0 Å². The van der Waals surface area contributed by atoms with Crippen LogP contribution in [0.5, 0.6) is 5.75 Å². The minimum absolute atomic E-state index is 0.122. The van der Waals surface area contributed by atoms with E-state index in [9.17, 15) is 5.11 Å². The van der Waals surface area contributed by atoms with Gasteiger partial charge in [-0.25, -0.2) is 9.97 Å². The Morgan fingerprint density at radius 3 is 2.76 bits per heavy atom. The fourth-order valence-corrected chi connectivity index (χ4v) is 3.42. The Morgan fingerprint density at radius 2 is 2.05 bits per heavy atom. The van der Waals surface area contributed by atoms with Crippen LogP contribution in [0, 0.1) is 13.8 Å². The molecule has 0 aliphatic rings. The third-order valence-corrected chi connectivity index (χ3v) is 4.69. The molecule has 2 heterocycles. The first-order valence-electron chi connectivity index (χ1n) is 6.83. The minimum atomic E-state index is 0.122. The number of rotatable bonds is 3. The molecule has 1 atom stereocenters. The van der Waals surface area contributed by atoms with Crippen molar-refractivity contribution in [2.24, 2.45) is 0 Å². The molecule has 108 valence electrons. The van der Waals surface area contributed by atoms with Crippen molar-refractivity contribution in [1.82, 2.24) is 9.97 Å². The van der Waals surface area contributed by atoms with Crippen molar-refractivity contribution < 1.29 is 5.11 Å². The van der Waals surface area contributed by atoms with Crippen molar-refractivity contribution in [2.75, 3.05) is 5.32 Å². The molecule has 0 aliphatic heterocycles. The van der Waals surface area contributed by atoms with E-state index in [1.54, 1.807) is 29.7 Å². The molecule has 1 aromatic carbocycles. The van der Waals surface area contributed by atoms with Crippen molar-refractivity contribution in [3.63, 3.8) is 0 Å². The maximum absolute atomic E-state index is 9.69. The molecule has 1 unspecified atom stereocenters. The molecule has 0 fully saturated rings. The Hall–Kier alpha value is -2.14. The van der Waals surface area contributed by atoms with Gasteiger partial charge in [0.1, 0.15) is 11.6 Å². The zero-order valence-corrected chi connectivity index (χ0v) is 13.0. The number of fused-ring (bicyclic) bond motifs is 1. The zero-order chi connectivity index (χ0) is 15.0. The Kier molecular flexibility index (Phi) is 3.51.